The Morgan fingerprint density at radius 3 is 1.62 bits per heavy atom. The number of allylic oxidation sites excluding steroid dienone is 5. The normalized spacial score (nSPS) is 12.1. The van der Waals surface area contributed by atoms with Crippen molar-refractivity contribution >= 4 is 34.6 Å². The van der Waals surface area contributed by atoms with Gasteiger partial charge < -0.3 is 19.3 Å². The third kappa shape index (κ3) is 9.92. The predicted octanol–water partition coefficient (Wildman–Crippen LogP) is 7.31. The van der Waals surface area contributed by atoms with E-state index in [2.05, 4.69) is 124 Å². The standard InChI is InChI=1S/C40H52N3O4/c1-10-41(11-2)34-18-14-32(15-19-34)38(37-23-22-36(28-31(37)9)42(12-3)13-4)33-16-20-35(21-17-33)43(24-26-46-39(44)29(5)6)25-27-47-40(45)30(7)8/h14-23,28H,5,7,10-13,24-27H2,1-4,6,8-9H3/q+1. The van der Waals surface area contributed by atoms with Crippen LogP contribution in [0.3, 0.4) is 0 Å². The molecule has 0 fully saturated rings. The van der Waals surface area contributed by atoms with E-state index in [4.69, 9.17) is 9.47 Å². The molecule has 2 aromatic carbocycles. The molecule has 0 aliphatic heterocycles. The molecule has 0 saturated carbocycles. The highest BCUT2D eigenvalue weighted by atomic mass is 16.5. The SMILES string of the molecule is C=C(C)C(=O)OCC[N+](CCOC(=O)C(=C)C)=C1C=CC(=C(c2ccc(N(CC)CC)cc2)c2ccc(N(CC)CC)cc2C)C=C1. The van der Waals surface area contributed by atoms with Crippen molar-refractivity contribution in [3.05, 3.63) is 113 Å². The second kappa shape index (κ2) is 17.9. The number of benzene rings is 2. The third-order valence-electron chi connectivity index (χ3n) is 8.30. The van der Waals surface area contributed by atoms with E-state index in [9.17, 15) is 9.59 Å². The lowest BCUT2D eigenvalue weighted by molar-refractivity contribution is -0.530. The first-order valence-electron chi connectivity index (χ1n) is 16.6. The Labute approximate surface area is 281 Å². The summed E-state index contributed by atoms with van der Waals surface area (Å²) < 4.78 is 12.8. The van der Waals surface area contributed by atoms with E-state index < -0.39 is 11.9 Å². The summed E-state index contributed by atoms with van der Waals surface area (Å²) in [5.74, 6) is -0.856. The van der Waals surface area contributed by atoms with Gasteiger partial charge in [-0.1, -0.05) is 31.4 Å². The Hall–Kier alpha value is -4.65. The fourth-order valence-corrected chi connectivity index (χ4v) is 5.57. The Kier molecular flexibility index (Phi) is 14.0. The van der Waals surface area contributed by atoms with Gasteiger partial charge in [-0.15, -0.1) is 0 Å². The fraction of sp³-hybridized carbons (Fsp3) is 0.375. The fourth-order valence-electron chi connectivity index (χ4n) is 5.57. The molecule has 0 amide bonds. The van der Waals surface area contributed by atoms with Crippen LogP contribution in [0.25, 0.3) is 5.57 Å². The van der Waals surface area contributed by atoms with Crippen LogP contribution in [-0.2, 0) is 19.1 Å². The van der Waals surface area contributed by atoms with E-state index in [-0.39, 0.29) is 13.2 Å². The molecule has 0 N–H and O–H groups in total. The number of hydrogen-bond donors (Lipinski definition) is 0. The van der Waals surface area contributed by atoms with Crippen LogP contribution < -0.4 is 9.80 Å². The topological polar surface area (TPSA) is 62.1 Å². The monoisotopic (exact) mass is 638 g/mol. The minimum Gasteiger partial charge on any atom is -0.456 e. The second-order valence-electron chi connectivity index (χ2n) is 11.6. The Morgan fingerprint density at radius 1 is 0.702 bits per heavy atom. The van der Waals surface area contributed by atoms with E-state index in [1.165, 1.54) is 22.5 Å². The van der Waals surface area contributed by atoms with Crippen LogP contribution in [-0.4, -0.2) is 74.7 Å². The van der Waals surface area contributed by atoms with Crippen LogP contribution in [0.2, 0.25) is 0 Å². The molecule has 1 aliphatic carbocycles. The molecule has 7 heteroatoms. The van der Waals surface area contributed by atoms with Crippen molar-refractivity contribution in [3.8, 4) is 0 Å². The molecule has 0 atom stereocenters. The highest BCUT2D eigenvalue weighted by Gasteiger charge is 2.19. The van der Waals surface area contributed by atoms with Crippen LogP contribution in [0, 0.1) is 6.92 Å². The lowest BCUT2D eigenvalue weighted by Gasteiger charge is -2.24. The van der Waals surface area contributed by atoms with Crippen molar-refractivity contribution in [1.82, 2.24) is 0 Å². The van der Waals surface area contributed by atoms with Gasteiger partial charge >= 0.3 is 11.9 Å². The van der Waals surface area contributed by atoms with Gasteiger partial charge in [0.15, 0.2) is 32.0 Å². The quantitative estimate of drug-likeness (QED) is 0.109. The summed E-state index contributed by atoms with van der Waals surface area (Å²) in [5.41, 5.74) is 9.83. The van der Waals surface area contributed by atoms with Crippen LogP contribution in [0.15, 0.2) is 96.6 Å². The van der Waals surface area contributed by atoms with Gasteiger partial charge in [0.1, 0.15) is 0 Å². The zero-order chi connectivity index (χ0) is 34.5. The number of esters is 2. The van der Waals surface area contributed by atoms with Gasteiger partial charge in [-0.05, 0) is 113 Å². The average Bonchev–Trinajstić information content (AvgIpc) is 3.07. The molecule has 0 radical (unpaired) electrons. The number of aryl methyl sites for hydroxylation is 1. The van der Waals surface area contributed by atoms with Crippen molar-refractivity contribution in [2.45, 2.75) is 48.5 Å². The highest BCUT2D eigenvalue weighted by molar-refractivity contribution is 6.04. The molecule has 2 aromatic rings. The zero-order valence-electron chi connectivity index (χ0n) is 29.4. The van der Waals surface area contributed by atoms with Crippen molar-refractivity contribution in [2.24, 2.45) is 0 Å². The van der Waals surface area contributed by atoms with E-state index >= 15 is 0 Å². The number of nitrogens with zero attached hydrogens (tertiary/aromatic N) is 3. The zero-order valence-corrected chi connectivity index (χ0v) is 29.4. The molecule has 0 heterocycles. The minimum absolute atomic E-state index is 0.177. The van der Waals surface area contributed by atoms with E-state index in [0.717, 1.165) is 48.6 Å². The maximum atomic E-state index is 12.0. The molecule has 3 rings (SSSR count). The second-order valence-corrected chi connectivity index (χ2v) is 11.6. The van der Waals surface area contributed by atoms with Crippen molar-refractivity contribution < 1.29 is 23.6 Å². The number of anilines is 2. The molecule has 0 spiro atoms. The van der Waals surface area contributed by atoms with Crippen molar-refractivity contribution in [1.29, 1.82) is 0 Å². The van der Waals surface area contributed by atoms with Gasteiger partial charge in [0, 0.05) is 60.9 Å². The highest BCUT2D eigenvalue weighted by Crippen LogP contribution is 2.34. The Balaban J connectivity index is 2.07. The number of hydrogen-bond acceptors (Lipinski definition) is 6. The summed E-state index contributed by atoms with van der Waals surface area (Å²) in [7, 11) is 0. The van der Waals surface area contributed by atoms with E-state index in [1.54, 1.807) is 13.8 Å². The molecule has 47 heavy (non-hydrogen) atoms. The average molecular weight is 639 g/mol. The summed E-state index contributed by atoms with van der Waals surface area (Å²) in [5, 5.41) is 0. The first kappa shape index (κ1) is 36.8. The first-order chi connectivity index (χ1) is 22.5. The van der Waals surface area contributed by atoms with Crippen LogP contribution >= 0.6 is 0 Å². The van der Waals surface area contributed by atoms with Crippen molar-refractivity contribution in [3.63, 3.8) is 0 Å². The van der Waals surface area contributed by atoms with Crippen LogP contribution in [0.1, 0.15) is 58.2 Å². The van der Waals surface area contributed by atoms with E-state index in [0.29, 0.717) is 24.2 Å². The smallest absolute Gasteiger partial charge is 0.333 e. The first-order valence-corrected chi connectivity index (χ1v) is 16.6. The maximum absolute atomic E-state index is 12.0. The Bertz CT molecular complexity index is 1520. The van der Waals surface area contributed by atoms with Crippen LogP contribution in [0.5, 0.6) is 0 Å². The molecule has 7 nitrogen and oxygen atoms in total. The largest absolute Gasteiger partial charge is 0.456 e. The number of ether oxygens (including phenoxy) is 2. The molecular formula is C40H52N3O4+. The predicted molar refractivity (Wildman–Crippen MR) is 196 cm³/mol. The van der Waals surface area contributed by atoms with Gasteiger partial charge in [-0.25, -0.2) is 14.2 Å². The van der Waals surface area contributed by atoms with Gasteiger partial charge in [-0.2, -0.15) is 0 Å². The summed E-state index contributed by atoms with van der Waals surface area (Å²) in [6.45, 7) is 26.5. The lowest BCUT2D eigenvalue weighted by atomic mass is 9.88. The molecule has 1 aliphatic rings. The molecule has 0 saturated heterocycles. The minimum atomic E-state index is -0.428. The summed E-state index contributed by atoms with van der Waals surface area (Å²) in [4.78, 5) is 28.7. The number of carbonyl (C=O) groups is 2. The third-order valence-corrected chi connectivity index (χ3v) is 8.30. The molecular weight excluding hydrogens is 586 g/mol. The van der Waals surface area contributed by atoms with Gasteiger partial charge in [0.25, 0.3) is 0 Å². The molecule has 0 unspecified atom stereocenters. The summed E-state index contributed by atoms with van der Waals surface area (Å²) in [6.07, 6.45) is 8.40. The summed E-state index contributed by atoms with van der Waals surface area (Å²) in [6, 6.07) is 15.6. The molecule has 0 aromatic heterocycles. The van der Waals surface area contributed by atoms with Crippen molar-refractivity contribution in [2.75, 3.05) is 62.3 Å². The van der Waals surface area contributed by atoms with Gasteiger partial charge in [-0.3, -0.25) is 0 Å². The van der Waals surface area contributed by atoms with Gasteiger partial charge in [0.05, 0.1) is 0 Å². The number of carbonyl (C=O) groups excluding carboxylic acids is 2. The Morgan fingerprint density at radius 2 is 1.17 bits per heavy atom. The van der Waals surface area contributed by atoms with Gasteiger partial charge in [0.2, 0.25) is 0 Å². The number of rotatable bonds is 16. The van der Waals surface area contributed by atoms with Crippen LogP contribution in [0.4, 0.5) is 11.4 Å². The molecule has 0 bridgehead atoms. The lowest BCUT2D eigenvalue weighted by Crippen LogP contribution is -2.29. The summed E-state index contributed by atoms with van der Waals surface area (Å²) >= 11 is 0. The molecule has 250 valence electrons. The maximum Gasteiger partial charge on any atom is 0.333 e. The van der Waals surface area contributed by atoms with E-state index in [1.807, 2.05) is 4.58 Å².